The Bertz CT molecular complexity index is 707. The summed E-state index contributed by atoms with van der Waals surface area (Å²) in [7, 11) is 0. The van der Waals surface area contributed by atoms with Gasteiger partial charge in [-0.15, -0.1) is 12.4 Å². The molecule has 0 spiro atoms. The number of alkyl halides is 3. The van der Waals surface area contributed by atoms with Crippen LogP contribution < -0.4 is 10.6 Å². The lowest BCUT2D eigenvalue weighted by Gasteiger charge is -2.35. The van der Waals surface area contributed by atoms with Crippen molar-refractivity contribution in [2.24, 2.45) is 0 Å². The molecule has 1 aromatic rings. The molecule has 162 valence electrons. The number of carbonyl (C=O) groups is 2. The molecule has 0 aliphatic carbocycles. The predicted octanol–water partition coefficient (Wildman–Crippen LogP) is 1.31. The third-order valence-corrected chi connectivity index (χ3v) is 5.02. The summed E-state index contributed by atoms with van der Waals surface area (Å²) in [5, 5.41) is 5.34. The zero-order valence-corrected chi connectivity index (χ0v) is 16.7. The number of hydrogen-bond acceptors (Lipinski definition) is 5. The fourth-order valence-corrected chi connectivity index (χ4v) is 3.49. The lowest BCUT2D eigenvalue weighted by Crippen LogP contribution is -2.57. The summed E-state index contributed by atoms with van der Waals surface area (Å²) in [6.45, 7) is 2.21. The molecule has 2 saturated heterocycles. The van der Waals surface area contributed by atoms with Crippen molar-refractivity contribution >= 4 is 24.2 Å². The predicted molar refractivity (Wildman–Crippen MR) is 103 cm³/mol. The Hall–Kier alpha value is -1.91. The molecule has 2 fully saturated rings. The van der Waals surface area contributed by atoms with Crippen molar-refractivity contribution in [2.75, 3.05) is 45.8 Å². The number of hydrogen-bond donors (Lipinski definition) is 2. The maximum Gasteiger partial charge on any atom is 0.405 e. The van der Waals surface area contributed by atoms with Crippen LogP contribution >= 0.6 is 12.4 Å². The third-order valence-electron chi connectivity index (χ3n) is 5.02. The molecule has 11 heteroatoms. The molecular weight excluding hydrogens is 411 g/mol. The molecule has 2 aliphatic heterocycles. The van der Waals surface area contributed by atoms with Gasteiger partial charge < -0.3 is 15.5 Å². The Morgan fingerprint density at radius 3 is 2.34 bits per heavy atom. The van der Waals surface area contributed by atoms with Crippen LogP contribution in [0.3, 0.4) is 0 Å². The molecule has 1 atom stereocenters. The number of amides is 2. The largest absolute Gasteiger partial charge is 0.405 e. The molecule has 2 N–H and O–H groups in total. The molecule has 1 unspecified atom stereocenters. The van der Waals surface area contributed by atoms with E-state index in [9.17, 15) is 22.8 Å². The van der Waals surface area contributed by atoms with Crippen molar-refractivity contribution in [1.82, 2.24) is 25.4 Å². The lowest BCUT2D eigenvalue weighted by molar-refractivity contribution is -0.183. The van der Waals surface area contributed by atoms with Crippen LogP contribution in [0.1, 0.15) is 33.8 Å². The van der Waals surface area contributed by atoms with E-state index in [-0.39, 0.29) is 42.8 Å². The number of halogens is 4. The van der Waals surface area contributed by atoms with Gasteiger partial charge >= 0.3 is 6.18 Å². The quantitative estimate of drug-likeness (QED) is 0.729. The number of nitrogens with zero attached hydrogens (tertiary/aromatic N) is 3. The second-order valence-electron chi connectivity index (χ2n) is 6.96. The Kier molecular flexibility index (Phi) is 8.23. The minimum Gasteiger partial charge on any atom is -0.349 e. The van der Waals surface area contributed by atoms with Crippen molar-refractivity contribution < 1.29 is 22.8 Å². The number of likely N-dealkylation sites (tertiary alicyclic amines) is 1. The van der Waals surface area contributed by atoms with Crippen LogP contribution in [0.4, 0.5) is 13.2 Å². The van der Waals surface area contributed by atoms with Crippen LogP contribution in [0.25, 0.3) is 0 Å². The average molecular weight is 436 g/mol. The van der Waals surface area contributed by atoms with Gasteiger partial charge in [0.2, 0.25) is 0 Å². The van der Waals surface area contributed by atoms with Gasteiger partial charge in [0.25, 0.3) is 11.8 Å². The Labute approximate surface area is 173 Å². The molecule has 2 aliphatic rings. The number of carbonyl (C=O) groups excluding carboxylic acids is 2. The van der Waals surface area contributed by atoms with Gasteiger partial charge in [0.05, 0.1) is 0 Å². The van der Waals surface area contributed by atoms with Crippen LogP contribution in [0.5, 0.6) is 0 Å². The summed E-state index contributed by atoms with van der Waals surface area (Å²) < 4.78 is 40.3. The van der Waals surface area contributed by atoms with E-state index in [0.29, 0.717) is 26.2 Å². The summed E-state index contributed by atoms with van der Waals surface area (Å²) in [5.74, 6) is -0.985. The van der Waals surface area contributed by atoms with Crippen LogP contribution in [-0.4, -0.2) is 84.6 Å². The van der Waals surface area contributed by atoms with E-state index in [1.807, 2.05) is 0 Å². The number of nitrogens with one attached hydrogen (secondary N) is 2. The van der Waals surface area contributed by atoms with E-state index < -0.39 is 24.7 Å². The van der Waals surface area contributed by atoms with E-state index in [1.165, 1.54) is 23.1 Å². The maximum atomic E-state index is 13.4. The molecule has 0 saturated carbocycles. The van der Waals surface area contributed by atoms with Crippen molar-refractivity contribution in [3.05, 3.63) is 29.6 Å². The number of aromatic nitrogens is 1. The first kappa shape index (κ1) is 23.4. The molecule has 7 nitrogen and oxygen atoms in total. The van der Waals surface area contributed by atoms with E-state index >= 15 is 0 Å². The smallest absolute Gasteiger partial charge is 0.349 e. The Morgan fingerprint density at radius 1 is 1.10 bits per heavy atom. The van der Waals surface area contributed by atoms with Crippen molar-refractivity contribution in [3.63, 3.8) is 0 Å². The molecule has 0 aromatic carbocycles. The highest BCUT2D eigenvalue weighted by Crippen LogP contribution is 2.24. The van der Waals surface area contributed by atoms with E-state index in [0.717, 1.165) is 12.8 Å². The maximum absolute atomic E-state index is 13.4. The zero-order valence-electron chi connectivity index (χ0n) is 15.9. The van der Waals surface area contributed by atoms with E-state index in [2.05, 4.69) is 15.6 Å². The van der Waals surface area contributed by atoms with Crippen molar-refractivity contribution in [3.8, 4) is 0 Å². The highest BCUT2D eigenvalue weighted by atomic mass is 35.5. The summed E-state index contributed by atoms with van der Waals surface area (Å²) in [6, 6.07) is 2.66. The first-order chi connectivity index (χ1) is 13.4. The number of piperazine rings is 1. The average Bonchev–Trinajstić information content (AvgIpc) is 3.22. The second kappa shape index (κ2) is 10.2. The van der Waals surface area contributed by atoms with Gasteiger partial charge in [0.15, 0.2) is 0 Å². The fourth-order valence-electron chi connectivity index (χ4n) is 3.49. The summed E-state index contributed by atoms with van der Waals surface area (Å²) >= 11 is 0. The Balaban J connectivity index is 0.00000300. The highest BCUT2D eigenvalue weighted by molar-refractivity contribution is 5.96. The number of rotatable bonds is 5. The van der Waals surface area contributed by atoms with Gasteiger partial charge in [-0.1, -0.05) is 6.07 Å². The summed E-state index contributed by atoms with van der Waals surface area (Å²) in [6.07, 6.45) is -2.60. The molecule has 2 amide bonds. The van der Waals surface area contributed by atoms with Gasteiger partial charge in [0, 0.05) is 45.8 Å². The highest BCUT2D eigenvalue weighted by Gasteiger charge is 2.43. The van der Waals surface area contributed by atoms with Crippen LogP contribution in [-0.2, 0) is 0 Å². The van der Waals surface area contributed by atoms with Crippen LogP contribution in [0, 0.1) is 0 Å². The topological polar surface area (TPSA) is 77.6 Å². The summed E-state index contributed by atoms with van der Waals surface area (Å²) in [5.41, 5.74) is 0.0651. The van der Waals surface area contributed by atoms with Gasteiger partial charge in [-0.2, -0.15) is 13.2 Å². The minimum atomic E-state index is -4.45. The normalized spacial score (nSPS) is 18.8. The zero-order chi connectivity index (χ0) is 20.1. The van der Waals surface area contributed by atoms with E-state index in [4.69, 9.17) is 0 Å². The van der Waals surface area contributed by atoms with Gasteiger partial charge in [-0.05, 0) is 25.0 Å². The molecule has 0 radical (unpaired) electrons. The summed E-state index contributed by atoms with van der Waals surface area (Å²) in [4.78, 5) is 31.8. The minimum absolute atomic E-state index is 0. The lowest BCUT2D eigenvalue weighted by atomic mass is 10.2. The van der Waals surface area contributed by atoms with Gasteiger partial charge in [-0.3, -0.25) is 14.5 Å². The third kappa shape index (κ3) is 6.03. The van der Waals surface area contributed by atoms with Crippen LogP contribution in [0.15, 0.2) is 18.2 Å². The van der Waals surface area contributed by atoms with Gasteiger partial charge in [0.1, 0.15) is 17.4 Å². The molecule has 3 rings (SSSR count). The molecular formula is C18H25ClF3N5O2. The monoisotopic (exact) mass is 435 g/mol. The van der Waals surface area contributed by atoms with E-state index in [1.54, 1.807) is 4.90 Å². The standard InChI is InChI=1S/C18H24F3N5O2.ClH/c19-18(20,21)15(25-10-6-22-7-11-25)12-23-16(27)13-4-3-5-14(24-13)17(28)26-8-1-2-9-26;/h3-5,15,22H,1-2,6-12H2,(H,23,27);1H. The number of pyridine rings is 1. The first-order valence-electron chi connectivity index (χ1n) is 9.42. The molecule has 0 bridgehead atoms. The Morgan fingerprint density at radius 2 is 1.72 bits per heavy atom. The second-order valence-corrected chi connectivity index (χ2v) is 6.96. The molecule has 1 aromatic heterocycles. The first-order valence-corrected chi connectivity index (χ1v) is 9.42. The van der Waals surface area contributed by atoms with Crippen molar-refractivity contribution in [2.45, 2.75) is 25.1 Å². The molecule has 3 heterocycles. The van der Waals surface area contributed by atoms with Crippen LogP contribution in [0.2, 0.25) is 0 Å². The SMILES string of the molecule is Cl.O=C(NCC(N1CCNCC1)C(F)(F)F)c1cccc(C(=O)N2CCCC2)n1. The van der Waals surface area contributed by atoms with Gasteiger partial charge in [-0.25, -0.2) is 4.98 Å². The fraction of sp³-hybridized carbons (Fsp3) is 0.611. The van der Waals surface area contributed by atoms with Crippen molar-refractivity contribution in [1.29, 1.82) is 0 Å². The molecule has 29 heavy (non-hydrogen) atoms.